The molecule has 0 bridgehead atoms. The summed E-state index contributed by atoms with van der Waals surface area (Å²) >= 11 is 7.24. The highest BCUT2D eigenvalue weighted by atomic mass is 35.5. The van der Waals surface area contributed by atoms with Gasteiger partial charge in [0.1, 0.15) is 0 Å². The topological polar surface area (TPSA) is 77.8 Å². The van der Waals surface area contributed by atoms with E-state index in [4.69, 9.17) is 21.8 Å². The van der Waals surface area contributed by atoms with Crippen molar-refractivity contribution < 1.29 is 4.42 Å². The molecule has 2 aromatic rings. The molecular weight excluding hydrogens is 248 g/mol. The highest BCUT2D eigenvalue weighted by Crippen LogP contribution is 2.21. The first-order chi connectivity index (χ1) is 7.78. The molecule has 0 aliphatic carbocycles. The first-order valence-electron chi connectivity index (χ1n) is 4.53. The van der Waals surface area contributed by atoms with Crippen LogP contribution in [0.4, 0.5) is 0 Å². The lowest BCUT2D eigenvalue weighted by Crippen LogP contribution is -1.95. The molecule has 0 saturated heterocycles. The molecule has 2 heterocycles. The van der Waals surface area contributed by atoms with Gasteiger partial charge in [0.05, 0.1) is 12.2 Å². The van der Waals surface area contributed by atoms with Crippen molar-refractivity contribution in [2.24, 2.45) is 5.73 Å². The van der Waals surface area contributed by atoms with Gasteiger partial charge in [0, 0.05) is 17.0 Å². The third-order valence-corrected chi connectivity index (χ3v) is 2.83. The van der Waals surface area contributed by atoms with Crippen LogP contribution < -0.4 is 5.73 Å². The third-order valence-electron chi connectivity index (χ3n) is 1.75. The van der Waals surface area contributed by atoms with Crippen molar-refractivity contribution in [3.05, 3.63) is 34.9 Å². The molecule has 5 nitrogen and oxygen atoms in total. The fourth-order valence-corrected chi connectivity index (χ4v) is 1.91. The summed E-state index contributed by atoms with van der Waals surface area (Å²) in [5.74, 6) is 1.06. The second-order valence-electron chi connectivity index (χ2n) is 2.92. The maximum absolute atomic E-state index is 5.84. The molecule has 0 aromatic carbocycles. The molecule has 2 rings (SSSR count). The molecule has 7 heteroatoms. The van der Waals surface area contributed by atoms with Gasteiger partial charge in [-0.25, -0.2) is 0 Å². The molecule has 84 valence electrons. The lowest BCUT2D eigenvalue weighted by molar-refractivity contribution is 0.414. The van der Waals surface area contributed by atoms with Gasteiger partial charge in [0.15, 0.2) is 0 Å². The zero-order valence-electron chi connectivity index (χ0n) is 8.26. The average molecular weight is 257 g/mol. The van der Waals surface area contributed by atoms with E-state index in [-0.39, 0.29) is 6.54 Å². The van der Waals surface area contributed by atoms with Gasteiger partial charge in [-0.1, -0.05) is 23.4 Å². The number of thioether (sulfide) groups is 1. The van der Waals surface area contributed by atoms with Crippen LogP contribution in [0.3, 0.4) is 0 Å². The first kappa shape index (κ1) is 11.4. The van der Waals surface area contributed by atoms with E-state index in [2.05, 4.69) is 15.2 Å². The molecular formula is C9H9ClN4OS. The number of aromatic nitrogens is 3. The Labute approximate surface area is 101 Å². The molecule has 16 heavy (non-hydrogen) atoms. The van der Waals surface area contributed by atoms with Crippen molar-refractivity contribution in [1.29, 1.82) is 0 Å². The van der Waals surface area contributed by atoms with Gasteiger partial charge in [-0.2, -0.15) is 0 Å². The molecule has 0 aliphatic rings. The molecule has 0 radical (unpaired) electrons. The third kappa shape index (κ3) is 2.94. The molecule has 0 fully saturated rings. The highest BCUT2D eigenvalue weighted by Gasteiger charge is 2.06. The largest absolute Gasteiger partial charge is 0.415 e. The molecule has 0 unspecified atom stereocenters. The highest BCUT2D eigenvalue weighted by molar-refractivity contribution is 7.98. The van der Waals surface area contributed by atoms with E-state index < -0.39 is 0 Å². The quantitative estimate of drug-likeness (QED) is 0.842. The monoisotopic (exact) mass is 256 g/mol. The van der Waals surface area contributed by atoms with Crippen LogP contribution in [-0.4, -0.2) is 15.2 Å². The van der Waals surface area contributed by atoms with Crippen LogP contribution in [0, 0.1) is 0 Å². The van der Waals surface area contributed by atoms with Crippen LogP contribution in [-0.2, 0) is 12.3 Å². The van der Waals surface area contributed by atoms with Gasteiger partial charge in [-0.3, -0.25) is 4.98 Å². The van der Waals surface area contributed by atoms with Crippen LogP contribution in [0.25, 0.3) is 0 Å². The lowest BCUT2D eigenvalue weighted by atomic mass is 10.4. The molecule has 2 N–H and O–H groups in total. The summed E-state index contributed by atoms with van der Waals surface area (Å²) in [6.07, 6.45) is 1.66. The zero-order chi connectivity index (χ0) is 11.4. The normalized spacial score (nSPS) is 10.6. The Kier molecular flexibility index (Phi) is 3.76. The van der Waals surface area contributed by atoms with Crippen LogP contribution in [0.1, 0.15) is 11.6 Å². The number of nitrogens with two attached hydrogens (primary N) is 1. The van der Waals surface area contributed by atoms with E-state index in [1.54, 1.807) is 18.3 Å². The summed E-state index contributed by atoms with van der Waals surface area (Å²) in [6, 6.07) is 3.53. The minimum Gasteiger partial charge on any atom is -0.415 e. The lowest BCUT2D eigenvalue weighted by Gasteiger charge is -1.97. The number of rotatable bonds is 4. The van der Waals surface area contributed by atoms with E-state index >= 15 is 0 Å². The van der Waals surface area contributed by atoms with Gasteiger partial charge < -0.3 is 10.2 Å². The van der Waals surface area contributed by atoms with E-state index in [0.29, 0.717) is 21.9 Å². The van der Waals surface area contributed by atoms with Crippen molar-refractivity contribution in [2.45, 2.75) is 17.5 Å². The molecule has 0 amide bonds. The summed E-state index contributed by atoms with van der Waals surface area (Å²) in [4.78, 5) is 4.16. The predicted octanol–water partition coefficient (Wildman–Crippen LogP) is 1.87. The smallest absolute Gasteiger partial charge is 0.277 e. The molecule has 0 aliphatic heterocycles. The minimum absolute atomic E-state index is 0.253. The summed E-state index contributed by atoms with van der Waals surface area (Å²) in [5.41, 5.74) is 6.22. The Balaban J connectivity index is 1.96. The SMILES string of the molecule is NCc1nnc(SCc2cc(Cl)ccn2)o1. The van der Waals surface area contributed by atoms with Gasteiger partial charge in [-0.15, -0.1) is 10.2 Å². The van der Waals surface area contributed by atoms with E-state index in [1.807, 2.05) is 0 Å². The standard InChI is InChI=1S/C9H9ClN4OS/c10-6-1-2-12-7(3-6)5-16-9-14-13-8(4-11)15-9/h1-3H,4-5,11H2. The summed E-state index contributed by atoms with van der Waals surface area (Å²) in [7, 11) is 0. The van der Waals surface area contributed by atoms with Crippen molar-refractivity contribution >= 4 is 23.4 Å². The number of halogens is 1. The van der Waals surface area contributed by atoms with Crippen molar-refractivity contribution in [3.63, 3.8) is 0 Å². The Bertz CT molecular complexity index is 476. The van der Waals surface area contributed by atoms with Gasteiger partial charge in [0.25, 0.3) is 5.22 Å². The van der Waals surface area contributed by atoms with Crippen LogP contribution in [0.5, 0.6) is 0 Å². The zero-order valence-corrected chi connectivity index (χ0v) is 9.83. The Morgan fingerprint density at radius 2 is 2.31 bits per heavy atom. The van der Waals surface area contributed by atoms with Gasteiger partial charge in [0.2, 0.25) is 5.89 Å². The van der Waals surface area contributed by atoms with Crippen LogP contribution >= 0.6 is 23.4 Å². The maximum atomic E-state index is 5.84. The summed E-state index contributed by atoms with van der Waals surface area (Å²) < 4.78 is 5.24. The number of nitrogens with zero attached hydrogens (tertiary/aromatic N) is 3. The molecule has 0 spiro atoms. The maximum Gasteiger partial charge on any atom is 0.277 e. The van der Waals surface area contributed by atoms with E-state index in [1.165, 1.54) is 11.8 Å². The van der Waals surface area contributed by atoms with Crippen LogP contribution in [0.15, 0.2) is 28.0 Å². The van der Waals surface area contributed by atoms with E-state index in [0.717, 1.165) is 5.69 Å². The Morgan fingerprint density at radius 1 is 1.44 bits per heavy atom. The van der Waals surface area contributed by atoms with Crippen molar-refractivity contribution in [3.8, 4) is 0 Å². The number of pyridine rings is 1. The Morgan fingerprint density at radius 3 is 3.00 bits per heavy atom. The van der Waals surface area contributed by atoms with Crippen LogP contribution in [0.2, 0.25) is 5.02 Å². The fourth-order valence-electron chi connectivity index (χ4n) is 1.04. The van der Waals surface area contributed by atoms with Gasteiger partial charge >= 0.3 is 0 Å². The van der Waals surface area contributed by atoms with E-state index in [9.17, 15) is 0 Å². The average Bonchev–Trinajstić information content (AvgIpc) is 2.74. The van der Waals surface area contributed by atoms with Crippen molar-refractivity contribution in [1.82, 2.24) is 15.2 Å². The predicted molar refractivity (Wildman–Crippen MR) is 61.0 cm³/mol. The Hall–Kier alpha value is -1.11. The molecule has 0 saturated carbocycles. The fraction of sp³-hybridized carbons (Fsp3) is 0.222. The molecule has 0 atom stereocenters. The van der Waals surface area contributed by atoms with Gasteiger partial charge in [-0.05, 0) is 12.1 Å². The second-order valence-corrected chi connectivity index (χ2v) is 4.28. The number of hydrogen-bond acceptors (Lipinski definition) is 6. The molecule has 2 aromatic heterocycles. The second kappa shape index (κ2) is 5.29. The van der Waals surface area contributed by atoms with Crippen molar-refractivity contribution in [2.75, 3.05) is 0 Å². The first-order valence-corrected chi connectivity index (χ1v) is 5.90. The summed E-state index contributed by atoms with van der Waals surface area (Å²) in [5, 5.41) is 8.74. The summed E-state index contributed by atoms with van der Waals surface area (Å²) in [6.45, 7) is 0.253. The minimum atomic E-state index is 0.253. The number of hydrogen-bond donors (Lipinski definition) is 1.